The Morgan fingerprint density at radius 3 is 2.27 bits per heavy atom. The largest absolute Gasteiger partial charge is 0.321 e. The van der Waals surface area contributed by atoms with Crippen molar-refractivity contribution in [1.82, 2.24) is 0 Å². The summed E-state index contributed by atoms with van der Waals surface area (Å²) in [5, 5.41) is 0. The fraction of sp³-hybridized carbons (Fsp3) is 0.400. The predicted molar refractivity (Wildman–Crippen MR) is 53.7 cm³/mol. The van der Waals surface area contributed by atoms with Gasteiger partial charge in [0.1, 0.15) is 5.82 Å². The first-order valence-electron chi connectivity index (χ1n) is 4.58. The van der Waals surface area contributed by atoms with E-state index in [-0.39, 0.29) is 5.56 Å². The van der Waals surface area contributed by atoms with Crippen molar-refractivity contribution in [2.45, 2.75) is 24.8 Å². The number of hydrogen-bond donors (Lipinski definition) is 1. The van der Waals surface area contributed by atoms with Crippen LogP contribution in [0.5, 0.6) is 0 Å². The van der Waals surface area contributed by atoms with Gasteiger partial charge in [-0.15, -0.1) is 0 Å². The zero-order chi connectivity index (χ0) is 11.2. The second-order valence-corrected chi connectivity index (χ2v) is 4.65. The minimum Gasteiger partial charge on any atom is -0.321 e. The van der Waals surface area contributed by atoms with Crippen LogP contribution in [0.15, 0.2) is 10.5 Å². The number of nitrogens with two attached hydrogens (primary N) is 1. The van der Waals surface area contributed by atoms with E-state index in [1.807, 2.05) is 0 Å². The van der Waals surface area contributed by atoms with Crippen molar-refractivity contribution in [3.63, 3.8) is 0 Å². The van der Waals surface area contributed by atoms with Gasteiger partial charge in [-0.3, -0.25) is 0 Å². The summed E-state index contributed by atoms with van der Waals surface area (Å²) in [5.41, 5.74) is 4.86. The van der Waals surface area contributed by atoms with E-state index in [1.54, 1.807) is 0 Å². The summed E-state index contributed by atoms with van der Waals surface area (Å²) in [7, 11) is 0. The van der Waals surface area contributed by atoms with Crippen molar-refractivity contribution in [3.8, 4) is 0 Å². The van der Waals surface area contributed by atoms with Crippen LogP contribution in [0, 0.1) is 17.5 Å². The Hall–Kier alpha value is -0.550. The van der Waals surface area contributed by atoms with Crippen LogP contribution in [0.25, 0.3) is 0 Å². The number of hydrogen-bond acceptors (Lipinski definition) is 1. The molecular weight excluding hydrogens is 271 g/mol. The van der Waals surface area contributed by atoms with E-state index in [9.17, 15) is 13.2 Å². The van der Waals surface area contributed by atoms with Gasteiger partial charge in [-0.1, -0.05) is 0 Å². The molecule has 1 aliphatic carbocycles. The highest BCUT2D eigenvalue weighted by atomic mass is 79.9. The molecule has 0 saturated heterocycles. The summed E-state index contributed by atoms with van der Waals surface area (Å²) in [5.74, 6) is -3.08. The molecule has 0 amide bonds. The molecule has 0 atom stereocenters. The first-order chi connectivity index (χ1) is 6.96. The maximum atomic E-state index is 13.5. The second kappa shape index (κ2) is 3.49. The van der Waals surface area contributed by atoms with Gasteiger partial charge in [0.05, 0.1) is 4.47 Å². The van der Waals surface area contributed by atoms with E-state index in [2.05, 4.69) is 15.9 Å². The van der Waals surface area contributed by atoms with Crippen molar-refractivity contribution >= 4 is 15.9 Å². The summed E-state index contributed by atoms with van der Waals surface area (Å²) in [4.78, 5) is 0. The first kappa shape index (κ1) is 11.0. The maximum Gasteiger partial charge on any atom is 0.176 e. The van der Waals surface area contributed by atoms with Crippen molar-refractivity contribution in [2.24, 2.45) is 5.73 Å². The summed E-state index contributed by atoms with van der Waals surface area (Å²) < 4.78 is 39.5. The summed E-state index contributed by atoms with van der Waals surface area (Å²) in [6.07, 6.45) is 1.98. The van der Waals surface area contributed by atoms with Crippen molar-refractivity contribution in [2.75, 3.05) is 0 Å². The molecule has 1 fully saturated rings. The Bertz CT molecular complexity index is 416. The molecule has 15 heavy (non-hydrogen) atoms. The van der Waals surface area contributed by atoms with Crippen molar-refractivity contribution < 1.29 is 13.2 Å². The van der Waals surface area contributed by atoms with E-state index in [1.165, 1.54) is 0 Å². The summed E-state index contributed by atoms with van der Waals surface area (Å²) in [6.45, 7) is 0. The minimum absolute atomic E-state index is 0.0630. The van der Waals surface area contributed by atoms with Gasteiger partial charge in [0.25, 0.3) is 0 Å². The quantitative estimate of drug-likeness (QED) is 0.620. The lowest BCUT2D eigenvalue weighted by molar-refractivity contribution is 0.241. The normalized spacial score (nSPS) is 18.7. The molecule has 1 aromatic carbocycles. The van der Waals surface area contributed by atoms with Crippen LogP contribution in [-0.2, 0) is 5.54 Å². The van der Waals surface area contributed by atoms with Crippen LogP contribution in [0.1, 0.15) is 24.8 Å². The molecule has 1 aromatic rings. The zero-order valence-corrected chi connectivity index (χ0v) is 9.37. The highest BCUT2D eigenvalue weighted by molar-refractivity contribution is 9.10. The molecule has 0 aliphatic heterocycles. The lowest BCUT2D eigenvalue weighted by Gasteiger charge is -2.38. The third kappa shape index (κ3) is 1.58. The molecule has 2 N–H and O–H groups in total. The fourth-order valence-corrected chi connectivity index (χ4v) is 2.05. The zero-order valence-electron chi connectivity index (χ0n) is 7.79. The average Bonchev–Trinajstić information content (AvgIpc) is 2.17. The highest BCUT2D eigenvalue weighted by Gasteiger charge is 2.38. The Kier molecular flexibility index (Phi) is 2.55. The first-order valence-corrected chi connectivity index (χ1v) is 5.37. The molecule has 0 heterocycles. The average molecular weight is 280 g/mol. The molecule has 5 heteroatoms. The molecule has 82 valence electrons. The molecule has 0 radical (unpaired) electrons. The van der Waals surface area contributed by atoms with Gasteiger partial charge >= 0.3 is 0 Å². The molecule has 0 aromatic heterocycles. The van der Waals surface area contributed by atoms with Gasteiger partial charge in [0, 0.05) is 11.1 Å². The van der Waals surface area contributed by atoms with Crippen LogP contribution in [0.4, 0.5) is 13.2 Å². The summed E-state index contributed by atoms with van der Waals surface area (Å²) in [6, 6.07) is 0.974. The van der Waals surface area contributed by atoms with E-state index in [0.717, 1.165) is 12.5 Å². The molecule has 0 spiro atoms. The standard InChI is InChI=1S/C10H9BrF3N/c11-7-6(12)4-5(8(13)9(7)14)10(15)2-1-3-10/h4H,1-3,15H2. The molecular formula is C10H9BrF3N. The van der Waals surface area contributed by atoms with E-state index >= 15 is 0 Å². The van der Waals surface area contributed by atoms with Crippen molar-refractivity contribution in [1.29, 1.82) is 0 Å². The third-order valence-corrected chi connectivity index (χ3v) is 3.61. The predicted octanol–water partition coefficient (Wildman–Crippen LogP) is 3.20. The van der Waals surface area contributed by atoms with Gasteiger partial charge in [-0.05, 0) is 41.3 Å². The van der Waals surface area contributed by atoms with Gasteiger partial charge in [-0.2, -0.15) is 0 Å². The van der Waals surface area contributed by atoms with Crippen LogP contribution in [0.2, 0.25) is 0 Å². The third-order valence-electron chi connectivity index (χ3n) is 2.88. The lowest BCUT2D eigenvalue weighted by atomic mass is 9.72. The number of rotatable bonds is 1. The van der Waals surface area contributed by atoms with Crippen molar-refractivity contribution in [3.05, 3.63) is 33.6 Å². The van der Waals surface area contributed by atoms with Gasteiger partial charge in [0.15, 0.2) is 11.6 Å². The molecule has 0 unspecified atom stereocenters. The molecule has 1 nitrogen and oxygen atoms in total. The SMILES string of the molecule is NC1(c2cc(F)c(Br)c(F)c2F)CCC1. The summed E-state index contributed by atoms with van der Waals surface area (Å²) >= 11 is 2.64. The Morgan fingerprint density at radius 1 is 1.20 bits per heavy atom. The smallest absolute Gasteiger partial charge is 0.176 e. The topological polar surface area (TPSA) is 26.0 Å². The van der Waals surface area contributed by atoms with E-state index in [0.29, 0.717) is 12.8 Å². The minimum atomic E-state index is -1.21. The van der Waals surface area contributed by atoms with Crippen LogP contribution in [0.3, 0.4) is 0 Å². The Labute approximate surface area is 93.6 Å². The monoisotopic (exact) mass is 279 g/mol. The van der Waals surface area contributed by atoms with Crippen LogP contribution >= 0.6 is 15.9 Å². The van der Waals surface area contributed by atoms with Crippen LogP contribution < -0.4 is 5.73 Å². The second-order valence-electron chi connectivity index (χ2n) is 3.86. The highest BCUT2D eigenvalue weighted by Crippen LogP contribution is 2.41. The Balaban J connectivity index is 2.58. The Morgan fingerprint density at radius 2 is 1.80 bits per heavy atom. The van der Waals surface area contributed by atoms with E-state index in [4.69, 9.17) is 5.73 Å². The molecule has 1 saturated carbocycles. The molecule has 2 rings (SSSR count). The van der Waals surface area contributed by atoms with Gasteiger partial charge < -0.3 is 5.73 Å². The number of halogens is 4. The molecule has 0 bridgehead atoms. The maximum absolute atomic E-state index is 13.5. The van der Waals surface area contributed by atoms with E-state index < -0.39 is 27.5 Å². The van der Waals surface area contributed by atoms with Gasteiger partial charge in [0.2, 0.25) is 0 Å². The fourth-order valence-electron chi connectivity index (χ4n) is 1.76. The van der Waals surface area contributed by atoms with Gasteiger partial charge in [-0.25, -0.2) is 13.2 Å². The number of benzene rings is 1. The van der Waals surface area contributed by atoms with Crippen LogP contribution in [-0.4, -0.2) is 0 Å². The molecule has 1 aliphatic rings. The lowest BCUT2D eigenvalue weighted by Crippen LogP contribution is -2.44.